The summed E-state index contributed by atoms with van der Waals surface area (Å²) in [5.41, 5.74) is 2.93. The Morgan fingerprint density at radius 2 is 1.82 bits per heavy atom. The fourth-order valence-electron chi connectivity index (χ4n) is 4.13. The predicted octanol–water partition coefficient (Wildman–Crippen LogP) is 4.08. The van der Waals surface area contributed by atoms with E-state index in [0.717, 1.165) is 11.3 Å². The van der Waals surface area contributed by atoms with Crippen molar-refractivity contribution in [1.29, 1.82) is 0 Å². The lowest BCUT2D eigenvalue weighted by atomic mass is 10.0. The topological polar surface area (TPSA) is 79.3 Å². The Kier molecular flexibility index (Phi) is 5.81. The van der Waals surface area contributed by atoms with Crippen molar-refractivity contribution in [2.24, 2.45) is 0 Å². The van der Waals surface area contributed by atoms with Crippen LogP contribution < -0.4 is 23.7 Å². The molecule has 8 nitrogen and oxygen atoms in total. The Morgan fingerprint density at radius 1 is 1.03 bits per heavy atom. The summed E-state index contributed by atoms with van der Waals surface area (Å²) >= 11 is 0. The summed E-state index contributed by atoms with van der Waals surface area (Å²) in [5.74, 6) is 2.83. The van der Waals surface area contributed by atoms with Crippen LogP contribution in [0.5, 0.6) is 28.7 Å². The van der Waals surface area contributed by atoms with E-state index in [4.69, 9.17) is 23.7 Å². The minimum absolute atomic E-state index is 0.198. The van der Waals surface area contributed by atoms with Gasteiger partial charge >= 0.3 is 0 Å². The third-order valence-corrected chi connectivity index (χ3v) is 5.82. The van der Waals surface area contributed by atoms with Gasteiger partial charge in [-0.25, -0.2) is 0 Å². The molecule has 3 heterocycles. The molecule has 0 bridgehead atoms. The summed E-state index contributed by atoms with van der Waals surface area (Å²) in [6, 6.07) is 12.9. The third kappa shape index (κ3) is 3.92. The summed E-state index contributed by atoms with van der Waals surface area (Å²) in [6.45, 7) is 1.64. The van der Waals surface area contributed by atoms with Crippen LogP contribution >= 0.6 is 0 Å². The van der Waals surface area contributed by atoms with E-state index in [1.165, 1.54) is 0 Å². The smallest absolute Gasteiger partial charge is 0.231 e. The van der Waals surface area contributed by atoms with E-state index in [-0.39, 0.29) is 11.5 Å². The van der Waals surface area contributed by atoms with Crippen LogP contribution in [-0.4, -0.2) is 43.7 Å². The number of carbonyl (C=O) groups is 1. The zero-order valence-corrected chi connectivity index (χ0v) is 19.2. The highest BCUT2D eigenvalue weighted by Crippen LogP contribution is 2.43. The van der Waals surface area contributed by atoms with Gasteiger partial charge in [-0.3, -0.25) is 14.7 Å². The van der Waals surface area contributed by atoms with Gasteiger partial charge in [0.15, 0.2) is 17.3 Å². The molecule has 0 radical (unpaired) electrons. The number of ketones is 1. The molecular formula is C26H24N2O6. The fraction of sp³-hybridized carbons (Fsp3) is 0.231. The van der Waals surface area contributed by atoms with E-state index < -0.39 is 0 Å². The maximum Gasteiger partial charge on any atom is 0.231 e. The number of pyridine rings is 1. The highest BCUT2D eigenvalue weighted by Gasteiger charge is 2.34. The van der Waals surface area contributed by atoms with E-state index in [9.17, 15) is 4.79 Å². The number of Topliss-reactive ketones (excluding diaryl/α,β-unsaturated/α-hetero) is 1. The van der Waals surface area contributed by atoms with E-state index in [2.05, 4.69) is 9.88 Å². The molecule has 0 amide bonds. The lowest BCUT2D eigenvalue weighted by Gasteiger charge is -2.29. The number of rotatable bonds is 6. The number of aromatic nitrogens is 1. The maximum absolute atomic E-state index is 13.2. The molecule has 8 heteroatoms. The van der Waals surface area contributed by atoms with Gasteiger partial charge in [-0.1, -0.05) is 6.07 Å². The number of carbonyl (C=O) groups excluding carboxylic acids is 1. The molecule has 34 heavy (non-hydrogen) atoms. The number of fused-ring (bicyclic) bond motifs is 3. The third-order valence-electron chi connectivity index (χ3n) is 5.82. The standard InChI is InChI=1S/C26H24N2O6/c1-30-21-12-23(32-3)22(31-2)10-16(21)11-24-25(29)18-7-8-20-19(26(18)34-24)14-28(15-33-20)13-17-6-4-5-9-27-17/h4-12H,13-15H2,1-3H3. The van der Waals surface area contributed by atoms with Crippen molar-refractivity contribution in [3.63, 3.8) is 0 Å². The number of nitrogens with zero attached hydrogens (tertiary/aromatic N) is 2. The molecule has 174 valence electrons. The van der Waals surface area contributed by atoms with Gasteiger partial charge in [0, 0.05) is 30.9 Å². The van der Waals surface area contributed by atoms with Crippen LogP contribution in [0.25, 0.3) is 6.08 Å². The largest absolute Gasteiger partial charge is 0.496 e. The van der Waals surface area contributed by atoms with Crippen LogP contribution in [0.1, 0.15) is 27.2 Å². The number of methoxy groups -OCH3 is 3. The second-order valence-corrected chi connectivity index (χ2v) is 7.89. The van der Waals surface area contributed by atoms with Gasteiger partial charge in [0.1, 0.15) is 24.0 Å². The van der Waals surface area contributed by atoms with Gasteiger partial charge in [-0.15, -0.1) is 0 Å². The first kappa shape index (κ1) is 21.8. The number of benzene rings is 2. The predicted molar refractivity (Wildman–Crippen MR) is 124 cm³/mol. The average molecular weight is 460 g/mol. The van der Waals surface area contributed by atoms with E-state index in [1.54, 1.807) is 51.8 Å². The Bertz CT molecular complexity index is 1270. The quantitative estimate of drug-likeness (QED) is 0.510. The molecule has 3 aromatic rings. The van der Waals surface area contributed by atoms with E-state index in [1.807, 2.05) is 24.3 Å². The van der Waals surface area contributed by atoms with Crippen molar-refractivity contribution in [2.75, 3.05) is 28.1 Å². The second-order valence-electron chi connectivity index (χ2n) is 7.89. The number of hydrogen-bond acceptors (Lipinski definition) is 8. The molecular weight excluding hydrogens is 436 g/mol. The van der Waals surface area contributed by atoms with Gasteiger partial charge < -0.3 is 23.7 Å². The summed E-state index contributed by atoms with van der Waals surface area (Å²) < 4.78 is 28.3. The number of hydrogen-bond donors (Lipinski definition) is 0. The Balaban J connectivity index is 1.46. The average Bonchev–Trinajstić information content (AvgIpc) is 3.19. The highest BCUT2D eigenvalue weighted by atomic mass is 16.5. The van der Waals surface area contributed by atoms with Crippen LogP contribution in [0.15, 0.2) is 54.4 Å². The molecule has 2 aromatic carbocycles. The zero-order valence-electron chi connectivity index (χ0n) is 19.2. The van der Waals surface area contributed by atoms with Crippen molar-refractivity contribution in [3.8, 4) is 28.7 Å². The lowest BCUT2D eigenvalue weighted by Crippen LogP contribution is -2.32. The molecule has 0 N–H and O–H groups in total. The summed E-state index contributed by atoms with van der Waals surface area (Å²) in [7, 11) is 4.66. The Labute approximate surface area is 197 Å². The maximum atomic E-state index is 13.2. The monoisotopic (exact) mass is 460 g/mol. The van der Waals surface area contributed by atoms with Crippen LogP contribution in [0, 0.1) is 0 Å². The molecule has 5 rings (SSSR count). The van der Waals surface area contributed by atoms with Gasteiger partial charge in [0.2, 0.25) is 5.78 Å². The molecule has 2 aliphatic heterocycles. The molecule has 0 fully saturated rings. The summed E-state index contributed by atoms with van der Waals surface area (Å²) in [6.07, 6.45) is 3.43. The lowest BCUT2D eigenvalue weighted by molar-refractivity contribution is 0.0861. The van der Waals surface area contributed by atoms with E-state index in [0.29, 0.717) is 59.7 Å². The molecule has 2 aliphatic rings. The van der Waals surface area contributed by atoms with Crippen molar-refractivity contribution in [3.05, 3.63) is 76.8 Å². The molecule has 0 unspecified atom stereocenters. The van der Waals surface area contributed by atoms with Crippen molar-refractivity contribution >= 4 is 11.9 Å². The number of ether oxygens (including phenoxy) is 5. The molecule has 0 atom stereocenters. The molecule has 0 saturated heterocycles. The summed E-state index contributed by atoms with van der Waals surface area (Å²) in [4.78, 5) is 19.7. The first-order valence-corrected chi connectivity index (χ1v) is 10.8. The molecule has 1 aromatic heterocycles. The highest BCUT2D eigenvalue weighted by molar-refractivity contribution is 6.15. The Hall–Kier alpha value is -4.04. The van der Waals surface area contributed by atoms with Crippen molar-refractivity contribution in [1.82, 2.24) is 9.88 Å². The van der Waals surface area contributed by atoms with Crippen LogP contribution in [0.2, 0.25) is 0 Å². The van der Waals surface area contributed by atoms with Crippen LogP contribution in [-0.2, 0) is 13.1 Å². The second kappa shape index (κ2) is 9.07. The first-order valence-electron chi connectivity index (χ1n) is 10.8. The molecule has 0 spiro atoms. The van der Waals surface area contributed by atoms with Crippen molar-refractivity contribution in [2.45, 2.75) is 13.1 Å². The number of allylic oxidation sites excluding steroid dienone is 1. The SMILES string of the molecule is COc1cc(OC)c(OC)cc1C=C1Oc2c(ccc3c2CN(Cc2ccccn2)CO3)C1=O. The minimum atomic E-state index is -0.198. The normalized spacial score (nSPS) is 15.9. The van der Waals surface area contributed by atoms with Gasteiger partial charge in [0.05, 0.1) is 38.2 Å². The first-order chi connectivity index (χ1) is 16.6. The zero-order chi connectivity index (χ0) is 23.7. The van der Waals surface area contributed by atoms with E-state index >= 15 is 0 Å². The summed E-state index contributed by atoms with van der Waals surface area (Å²) in [5, 5.41) is 0. The molecule has 0 saturated carbocycles. The van der Waals surface area contributed by atoms with Gasteiger partial charge in [-0.05, 0) is 36.4 Å². The van der Waals surface area contributed by atoms with Gasteiger partial charge in [-0.2, -0.15) is 0 Å². The van der Waals surface area contributed by atoms with Crippen LogP contribution in [0.4, 0.5) is 0 Å². The van der Waals surface area contributed by atoms with Gasteiger partial charge in [0.25, 0.3) is 0 Å². The van der Waals surface area contributed by atoms with Crippen molar-refractivity contribution < 1.29 is 28.5 Å². The Morgan fingerprint density at radius 3 is 2.56 bits per heavy atom. The minimum Gasteiger partial charge on any atom is -0.496 e. The molecule has 0 aliphatic carbocycles. The van der Waals surface area contributed by atoms with Crippen LogP contribution in [0.3, 0.4) is 0 Å². The fourth-order valence-corrected chi connectivity index (χ4v) is 4.13.